The molecule has 0 aromatic heterocycles. The minimum absolute atomic E-state index is 0.0633. The van der Waals surface area contributed by atoms with Crippen molar-refractivity contribution in [1.29, 1.82) is 0 Å². The van der Waals surface area contributed by atoms with E-state index in [0.29, 0.717) is 26.4 Å². The molecule has 17 heavy (non-hydrogen) atoms. The van der Waals surface area contributed by atoms with Gasteiger partial charge >= 0.3 is 0 Å². The van der Waals surface area contributed by atoms with E-state index in [9.17, 15) is 0 Å². The Kier molecular flexibility index (Phi) is 12.1. The second-order valence-corrected chi connectivity index (χ2v) is 4.01. The smallest absolute Gasteiger partial charge is 0.0697 e. The van der Waals surface area contributed by atoms with Crippen molar-refractivity contribution in [3.63, 3.8) is 0 Å². The zero-order valence-corrected chi connectivity index (χ0v) is 10.9. The first-order valence-corrected chi connectivity index (χ1v) is 6.23. The lowest BCUT2D eigenvalue weighted by Gasteiger charge is -2.19. The third kappa shape index (κ3) is 12.1. The van der Waals surface area contributed by atoms with Crippen molar-refractivity contribution >= 4 is 0 Å². The van der Waals surface area contributed by atoms with E-state index < -0.39 is 0 Å². The molecule has 2 N–H and O–H groups in total. The Morgan fingerprint density at radius 1 is 0.765 bits per heavy atom. The summed E-state index contributed by atoms with van der Waals surface area (Å²) in [5, 5.41) is 17.1. The number of aliphatic hydroxyl groups is 2. The van der Waals surface area contributed by atoms with Crippen molar-refractivity contribution in [3.8, 4) is 0 Å². The van der Waals surface area contributed by atoms with Crippen molar-refractivity contribution < 1.29 is 24.4 Å². The number of rotatable bonds is 12. The molecular weight excluding hydrogens is 224 g/mol. The van der Waals surface area contributed by atoms with E-state index in [2.05, 4.69) is 0 Å². The molecule has 0 aromatic carbocycles. The van der Waals surface area contributed by atoms with Crippen LogP contribution < -0.4 is 0 Å². The normalized spacial score (nSPS) is 14.8. The molecule has 5 nitrogen and oxygen atoms in total. The fourth-order valence-electron chi connectivity index (χ4n) is 1.36. The summed E-state index contributed by atoms with van der Waals surface area (Å²) in [6.07, 6.45) is 1.92. The summed E-state index contributed by atoms with van der Waals surface area (Å²) >= 11 is 0. The van der Waals surface area contributed by atoms with Gasteiger partial charge in [-0.1, -0.05) is 0 Å². The van der Waals surface area contributed by atoms with Gasteiger partial charge in [0.25, 0.3) is 0 Å². The summed E-state index contributed by atoms with van der Waals surface area (Å²) in [7, 11) is 0. The van der Waals surface area contributed by atoms with Gasteiger partial charge in [-0.25, -0.2) is 0 Å². The summed E-state index contributed by atoms with van der Waals surface area (Å²) < 4.78 is 16.1. The second-order valence-electron chi connectivity index (χ2n) is 4.01. The highest BCUT2D eigenvalue weighted by Crippen LogP contribution is 2.06. The van der Waals surface area contributed by atoms with E-state index in [4.69, 9.17) is 24.4 Å². The Hall–Kier alpha value is -0.200. The number of hydrogen-bond donors (Lipinski definition) is 2. The van der Waals surface area contributed by atoms with Gasteiger partial charge in [-0.3, -0.25) is 0 Å². The van der Waals surface area contributed by atoms with Crippen LogP contribution in [0, 0.1) is 0 Å². The van der Waals surface area contributed by atoms with Gasteiger partial charge in [0.15, 0.2) is 0 Å². The molecule has 2 atom stereocenters. The van der Waals surface area contributed by atoms with Crippen LogP contribution in [0.25, 0.3) is 0 Å². The fraction of sp³-hybridized carbons (Fsp3) is 1.00. The lowest BCUT2D eigenvalue weighted by Crippen LogP contribution is -2.20. The molecule has 0 spiro atoms. The van der Waals surface area contributed by atoms with Crippen LogP contribution in [0.1, 0.15) is 26.7 Å². The first-order valence-electron chi connectivity index (χ1n) is 6.23. The Morgan fingerprint density at radius 2 is 1.18 bits per heavy atom. The predicted octanol–water partition coefficient (Wildman–Crippen LogP) is 0.578. The quantitative estimate of drug-likeness (QED) is 0.496. The highest BCUT2D eigenvalue weighted by molar-refractivity contribution is 4.56. The summed E-state index contributed by atoms with van der Waals surface area (Å²) in [4.78, 5) is 0. The number of hydrogen-bond acceptors (Lipinski definition) is 5. The van der Waals surface area contributed by atoms with E-state index in [0.717, 1.165) is 12.8 Å². The Labute approximate surface area is 104 Å². The van der Waals surface area contributed by atoms with Gasteiger partial charge in [0.05, 0.1) is 38.6 Å². The van der Waals surface area contributed by atoms with Crippen LogP contribution in [0.15, 0.2) is 0 Å². The van der Waals surface area contributed by atoms with Crippen LogP contribution in [0.3, 0.4) is 0 Å². The van der Waals surface area contributed by atoms with Gasteiger partial charge in [-0.2, -0.15) is 0 Å². The lowest BCUT2D eigenvalue weighted by atomic mass is 10.2. The molecule has 0 saturated carbocycles. The molecule has 0 amide bonds. The van der Waals surface area contributed by atoms with Gasteiger partial charge in [-0.05, 0) is 26.7 Å². The van der Waals surface area contributed by atoms with Crippen molar-refractivity contribution in [2.24, 2.45) is 0 Å². The van der Waals surface area contributed by atoms with E-state index in [1.807, 2.05) is 13.8 Å². The molecule has 104 valence electrons. The molecule has 0 rings (SSSR count). The molecule has 0 aromatic rings. The van der Waals surface area contributed by atoms with Gasteiger partial charge in [0, 0.05) is 13.2 Å². The SMILES string of the molecule is CC(CCOCCO)OC(C)CCOCCO. The van der Waals surface area contributed by atoms with Crippen molar-refractivity contribution in [3.05, 3.63) is 0 Å². The van der Waals surface area contributed by atoms with E-state index in [1.165, 1.54) is 0 Å². The average Bonchev–Trinajstić information content (AvgIpc) is 2.30. The Bertz CT molecular complexity index is 138. The molecule has 0 aliphatic carbocycles. The monoisotopic (exact) mass is 250 g/mol. The van der Waals surface area contributed by atoms with Crippen molar-refractivity contribution in [2.45, 2.75) is 38.9 Å². The maximum Gasteiger partial charge on any atom is 0.0697 e. The average molecular weight is 250 g/mol. The molecule has 0 aliphatic rings. The maximum absolute atomic E-state index is 8.53. The minimum Gasteiger partial charge on any atom is -0.394 e. The van der Waals surface area contributed by atoms with Gasteiger partial charge in [-0.15, -0.1) is 0 Å². The zero-order valence-electron chi connectivity index (χ0n) is 10.9. The summed E-state index contributed by atoms with van der Waals surface area (Å²) in [5.41, 5.74) is 0. The first-order chi connectivity index (χ1) is 8.20. The lowest BCUT2D eigenvalue weighted by molar-refractivity contribution is -0.0300. The van der Waals surface area contributed by atoms with Crippen LogP contribution in [0.5, 0.6) is 0 Å². The van der Waals surface area contributed by atoms with Crippen LogP contribution in [-0.2, 0) is 14.2 Å². The molecular formula is C12H26O5. The van der Waals surface area contributed by atoms with Gasteiger partial charge in [0.1, 0.15) is 0 Å². The highest BCUT2D eigenvalue weighted by Gasteiger charge is 2.08. The fourth-order valence-corrected chi connectivity index (χ4v) is 1.36. The van der Waals surface area contributed by atoms with E-state index in [-0.39, 0.29) is 25.4 Å². The summed E-state index contributed by atoms with van der Waals surface area (Å²) in [5.74, 6) is 0. The third-order valence-electron chi connectivity index (χ3n) is 2.27. The van der Waals surface area contributed by atoms with Crippen LogP contribution in [0.4, 0.5) is 0 Å². The third-order valence-corrected chi connectivity index (χ3v) is 2.27. The maximum atomic E-state index is 8.53. The molecule has 0 bridgehead atoms. The van der Waals surface area contributed by atoms with Crippen LogP contribution in [-0.4, -0.2) is 62.1 Å². The van der Waals surface area contributed by atoms with Crippen molar-refractivity contribution in [2.75, 3.05) is 39.6 Å². The number of aliphatic hydroxyl groups excluding tert-OH is 2. The first kappa shape index (κ1) is 16.8. The molecule has 0 fully saturated rings. The van der Waals surface area contributed by atoms with E-state index in [1.54, 1.807) is 0 Å². The highest BCUT2D eigenvalue weighted by atomic mass is 16.5. The van der Waals surface area contributed by atoms with Gasteiger partial charge < -0.3 is 24.4 Å². The zero-order chi connectivity index (χ0) is 12.9. The molecule has 0 aliphatic heterocycles. The second kappa shape index (κ2) is 12.3. The topological polar surface area (TPSA) is 68.2 Å². The number of ether oxygens (including phenoxy) is 3. The van der Waals surface area contributed by atoms with E-state index >= 15 is 0 Å². The minimum atomic E-state index is 0.0633. The predicted molar refractivity (Wildman–Crippen MR) is 65.1 cm³/mol. The van der Waals surface area contributed by atoms with Crippen LogP contribution in [0.2, 0.25) is 0 Å². The summed E-state index contributed by atoms with van der Waals surface area (Å²) in [6.45, 7) is 6.13. The summed E-state index contributed by atoms with van der Waals surface area (Å²) in [6, 6.07) is 0. The molecule has 0 radical (unpaired) electrons. The van der Waals surface area contributed by atoms with Crippen LogP contribution >= 0.6 is 0 Å². The molecule has 2 unspecified atom stereocenters. The Morgan fingerprint density at radius 3 is 1.53 bits per heavy atom. The van der Waals surface area contributed by atoms with Crippen molar-refractivity contribution in [1.82, 2.24) is 0 Å². The molecule has 0 heterocycles. The molecule has 5 heteroatoms. The molecule has 0 saturated heterocycles. The van der Waals surface area contributed by atoms with Gasteiger partial charge in [0.2, 0.25) is 0 Å². The standard InChI is InChI=1S/C12H26O5/c1-11(3-7-15-9-5-13)17-12(2)4-8-16-10-6-14/h11-14H,3-10H2,1-2H3. The Balaban J connectivity index is 3.35. The largest absolute Gasteiger partial charge is 0.394 e.